The Morgan fingerprint density at radius 3 is 2.70 bits per heavy atom. The molecule has 0 saturated heterocycles. The van der Waals surface area contributed by atoms with Gasteiger partial charge in [-0.1, -0.05) is 44.9 Å². The summed E-state index contributed by atoms with van der Waals surface area (Å²) >= 11 is 0. The van der Waals surface area contributed by atoms with Gasteiger partial charge in [0.25, 0.3) is 0 Å². The highest BCUT2D eigenvalue weighted by Gasteiger charge is 2.63. The van der Waals surface area contributed by atoms with Gasteiger partial charge >= 0.3 is 0 Å². The minimum absolute atomic E-state index is 0.00221. The molecule has 5 rings (SSSR count). The Hall–Kier alpha value is -1.42. The van der Waals surface area contributed by atoms with Gasteiger partial charge in [-0.3, -0.25) is 9.59 Å². The highest BCUT2D eigenvalue weighted by molar-refractivity contribution is 6.01. The maximum atomic E-state index is 13.4. The summed E-state index contributed by atoms with van der Waals surface area (Å²) in [4.78, 5) is 24.7. The molecule has 0 aromatic rings. The van der Waals surface area contributed by atoms with Gasteiger partial charge in [0.2, 0.25) is 5.91 Å². The largest absolute Gasteiger partial charge is 0.393 e. The summed E-state index contributed by atoms with van der Waals surface area (Å²) in [5.41, 5.74) is 4.60. The molecular weight excluding hydrogens is 410 g/mol. The molecule has 1 amide bonds. The summed E-state index contributed by atoms with van der Waals surface area (Å²) in [5.74, 6) is 3.25. The topological polar surface area (TPSA) is 66.4 Å². The Labute approximate surface area is 199 Å². The lowest BCUT2D eigenvalue weighted by Gasteiger charge is -2.58. The van der Waals surface area contributed by atoms with Gasteiger partial charge in [0, 0.05) is 19.4 Å². The monoisotopic (exact) mass is 453 g/mol. The first-order valence-electron chi connectivity index (χ1n) is 13.4. The second-order valence-electron chi connectivity index (χ2n) is 12.8. The third kappa shape index (κ3) is 3.49. The molecule has 0 radical (unpaired) electrons. The molecule has 2 N–H and O–H groups in total. The van der Waals surface area contributed by atoms with Crippen molar-refractivity contribution < 1.29 is 14.7 Å². The molecule has 4 heteroatoms. The van der Waals surface area contributed by atoms with Gasteiger partial charge in [-0.15, -0.1) is 0 Å². The number of rotatable bonds is 4. The van der Waals surface area contributed by atoms with Crippen LogP contribution in [0.3, 0.4) is 0 Å². The summed E-state index contributed by atoms with van der Waals surface area (Å²) in [6, 6.07) is 0. The molecule has 4 nitrogen and oxygen atoms in total. The van der Waals surface area contributed by atoms with E-state index in [1.54, 1.807) is 6.92 Å². The third-order valence-corrected chi connectivity index (χ3v) is 10.9. The first kappa shape index (κ1) is 23.3. The number of allylic oxidation sites excluding steroid dienone is 3. The van der Waals surface area contributed by atoms with Crippen molar-refractivity contribution >= 4 is 11.7 Å². The molecule has 3 fully saturated rings. The summed E-state index contributed by atoms with van der Waals surface area (Å²) in [6.45, 7) is 11.5. The number of hydrogen-bond acceptors (Lipinski definition) is 3. The van der Waals surface area contributed by atoms with Crippen molar-refractivity contribution in [3.05, 3.63) is 22.8 Å². The van der Waals surface area contributed by atoms with E-state index >= 15 is 0 Å². The molecular formula is C29H43NO3. The maximum Gasteiger partial charge on any atom is 0.216 e. The van der Waals surface area contributed by atoms with E-state index in [9.17, 15) is 14.7 Å². The zero-order chi connectivity index (χ0) is 23.7. The van der Waals surface area contributed by atoms with Crippen LogP contribution in [0.4, 0.5) is 0 Å². The Morgan fingerprint density at radius 2 is 1.97 bits per heavy atom. The summed E-state index contributed by atoms with van der Waals surface area (Å²) in [7, 11) is 0. The Kier molecular flexibility index (Phi) is 5.70. The molecule has 0 unspecified atom stereocenters. The second-order valence-corrected chi connectivity index (χ2v) is 12.8. The molecule has 5 aliphatic carbocycles. The number of hydrogen-bond donors (Lipinski definition) is 2. The lowest BCUT2D eigenvalue weighted by atomic mass is 9.47. The lowest BCUT2D eigenvalue weighted by molar-refractivity contribution is -0.121. The number of ketones is 1. The summed E-state index contributed by atoms with van der Waals surface area (Å²) < 4.78 is 0. The van der Waals surface area contributed by atoms with E-state index in [1.165, 1.54) is 24.0 Å². The van der Waals surface area contributed by atoms with Gasteiger partial charge in [-0.25, -0.2) is 0 Å². The van der Waals surface area contributed by atoms with Crippen molar-refractivity contribution in [1.29, 1.82) is 0 Å². The predicted molar refractivity (Wildman–Crippen MR) is 130 cm³/mol. The maximum absolute atomic E-state index is 13.4. The quantitative estimate of drug-likeness (QED) is 0.574. The average molecular weight is 454 g/mol. The fraction of sp³-hybridized carbons (Fsp3) is 0.793. The van der Waals surface area contributed by atoms with E-state index in [1.807, 2.05) is 0 Å². The van der Waals surface area contributed by atoms with E-state index in [0.29, 0.717) is 30.1 Å². The van der Waals surface area contributed by atoms with Crippen molar-refractivity contribution in [1.82, 2.24) is 5.32 Å². The second kappa shape index (κ2) is 8.07. The number of fused-ring (bicyclic) bond motifs is 7. The fourth-order valence-electron chi connectivity index (χ4n) is 9.26. The average Bonchev–Trinajstić information content (AvgIpc) is 3.19. The Morgan fingerprint density at radius 1 is 1.21 bits per heavy atom. The van der Waals surface area contributed by atoms with E-state index in [2.05, 4.69) is 39.1 Å². The van der Waals surface area contributed by atoms with Gasteiger partial charge in [-0.2, -0.15) is 0 Å². The first-order valence-corrected chi connectivity index (χ1v) is 13.4. The molecule has 182 valence electrons. The van der Waals surface area contributed by atoms with Gasteiger partial charge in [0.15, 0.2) is 5.78 Å². The van der Waals surface area contributed by atoms with Crippen LogP contribution >= 0.6 is 0 Å². The molecule has 5 aliphatic rings. The number of aliphatic hydroxyl groups excluding tert-OH is 1. The minimum atomic E-state index is -0.153. The SMILES string of the molecule is CC(=O)NC[C@H](C)CC1=C2C[C@H]3[C@H]4CC=C5C[C@@H](O)CC[C@]5(C)[C@@H]4CC[C@]3(C)[C@H]2[C@H](C)C1=O. The van der Waals surface area contributed by atoms with Crippen molar-refractivity contribution in [3.8, 4) is 0 Å². The van der Waals surface area contributed by atoms with Crippen molar-refractivity contribution in [2.75, 3.05) is 6.54 Å². The smallest absolute Gasteiger partial charge is 0.216 e. The van der Waals surface area contributed by atoms with Gasteiger partial charge in [0.1, 0.15) is 0 Å². The van der Waals surface area contributed by atoms with Gasteiger partial charge < -0.3 is 10.4 Å². The first-order chi connectivity index (χ1) is 15.6. The zero-order valence-electron chi connectivity index (χ0n) is 21.2. The van der Waals surface area contributed by atoms with Crippen LogP contribution in [0.1, 0.15) is 86.0 Å². The molecule has 33 heavy (non-hydrogen) atoms. The third-order valence-electron chi connectivity index (χ3n) is 10.9. The van der Waals surface area contributed by atoms with Crippen LogP contribution in [0.2, 0.25) is 0 Å². The van der Waals surface area contributed by atoms with Crippen LogP contribution in [0.15, 0.2) is 22.8 Å². The molecule has 0 aromatic carbocycles. The summed E-state index contributed by atoms with van der Waals surface area (Å²) in [6.07, 6.45) is 10.8. The number of carbonyl (C=O) groups excluding carboxylic acids is 2. The number of Topliss-reactive ketones (excluding diaryl/α,β-unsaturated/α-hetero) is 1. The lowest BCUT2D eigenvalue weighted by Crippen LogP contribution is -2.51. The minimum Gasteiger partial charge on any atom is -0.393 e. The predicted octanol–water partition coefficient (Wildman–Crippen LogP) is 5.21. The van der Waals surface area contributed by atoms with Crippen LogP contribution in [0, 0.1) is 46.3 Å². The highest BCUT2D eigenvalue weighted by Crippen LogP contribution is 2.70. The molecule has 0 spiro atoms. The fourth-order valence-corrected chi connectivity index (χ4v) is 9.26. The van der Waals surface area contributed by atoms with Crippen LogP contribution in [-0.4, -0.2) is 29.4 Å². The number of aliphatic hydroxyl groups is 1. The van der Waals surface area contributed by atoms with E-state index < -0.39 is 0 Å². The van der Waals surface area contributed by atoms with Crippen molar-refractivity contribution in [2.24, 2.45) is 46.3 Å². The van der Waals surface area contributed by atoms with Crippen LogP contribution < -0.4 is 5.32 Å². The highest BCUT2D eigenvalue weighted by atomic mass is 16.3. The standard InChI is InChI=1S/C29H43NO3/c1-16(15-30-18(3)31)12-23-22-14-25-21-7-6-19-13-20(32)8-10-28(19,4)24(21)9-11-29(25,5)26(22)17(2)27(23)33/h6,16-17,20-21,24-26,32H,7-15H2,1-5H3,(H,30,31)/t16-,17+,20+,21+,24-,25+,26+,28+,29+/m1/s1. The van der Waals surface area contributed by atoms with Crippen LogP contribution in [0.25, 0.3) is 0 Å². The summed E-state index contributed by atoms with van der Waals surface area (Å²) in [5, 5.41) is 13.2. The number of amides is 1. The normalized spacial score (nSPS) is 45.0. The van der Waals surface area contributed by atoms with E-state index in [4.69, 9.17) is 0 Å². The number of nitrogens with one attached hydrogen (secondary N) is 1. The molecule has 0 aliphatic heterocycles. The van der Waals surface area contributed by atoms with Crippen LogP contribution in [0.5, 0.6) is 0 Å². The Bertz CT molecular complexity index is 918. The van der Waals surface area contributed by atoms with Gasteiger partial charge in [-0.05, 0) is 97.4 Å². The molecule has 0 aromatic heterocycles. The van der Waals surface area contributed by atoms with E-state index in [0.717, 1.165) is 50.0 Å². The molecule has 0 heterocycles. The van der Waals surface area contributed by atoms with Crippen LogP contribution in [-0.2, 0) is 9.59 Å². The zero-order valence-corrected chi connectivity index (χ0v) is 21.2. The van der Waals surface area contributed by atoms with Gasteiger partial charge in [0.05, 0.1) is 6.10 Å². The van der Waals surface area contributed by atoms with E-state index in [-0.39, 0.29) is 34.7 Å². The molecule has 3 saturated carbocycles. The van der Waals surface area contributed by atoms with Crippen molar-refractivity contribution in [3.63, 3.8) is 0 Å². The van der Waals surface area contributed by atoms with Crippen molar-refractivity contribution in [2.45, 2.75) is 92.1 Å². The molecule has 0 bridgehead atoms. The molecule has 9 atom stereocenters. The number of carbonyl (C=O) groups is 2. The Balaban J connectivity index is 1.44.